The van der Waals surface area contributed by atoms with Crippen molar-refractivity contribution in [1.29, 1.82) is 0 Å². The van der Waals surface area contributed by atoms with Gasteiger partial charge in [0, 0.05) is 42.4 Å². The van der Waals surface area contributed by atoms with Crippen LogP contribution in [0.1, 0.15) is 26.5 Å². The van der Waals surface area contributed by atoms with Gasteiger partial charge in [-0.2, -0.15) is 26.3 Å². The highest BCUT2D eigenvalue weighted by Gasteiger charge is 2.38. The number of carboxylic acids is 1. The molecule has 0 aliphatic carbocycles. The zero-order valence-corrected chi connectivity index (χ0v) is 18.9. The predicted molar refractivity (Wildman–Crippen MR) is 117 cm³/mol. The van der Waals surface area contributed by atoms with Gasteiger partial charge in [0.25, 0.3) is 11.8 Å². The smallest absolute Gasteiger partial charge is 0.490 e. The number of nitrogens with one attached hydrogen (secondary N) is 2. The summed E-state index contributed by atoms with van der Waals surface area (Å²) in [5.74, 6) is -3.48. The average Bonchev–Trinajstić information content (AvgIpc) is 3.24. The van der Waals surface area contributed by atoms with E-state index in [4.69, 9.17) is 14.6 Å². The third-order valence-corrected chi connectivity index (χ3v) is 4.38. The Morgan fingerprint density at radius 2 is 1.57 bits per heavy atom. The second-order valence-corrected chi connectivity index (χ2v) is 7.10. The number of carbonyl (C=O) groups excluding carboxylic acids is 2. The van der Waals surface area contributed by atoms with Crippen molar-refractivity contribution in [1.82, 2.24) is 9.55 Å². The topological polar surface area (TPSA) is 123 Å². The molecule has 3 rings (SSSR count). The SMILES string of the molecule is COc1cc(NC(=O)c2nccn2C)cc(C(=O)Nc2cccc(C(F)(F)F)c2)c1.O=C(O)C(F)(F)F. The van der Waals surface area contributed by atoms with Gasteiger partial charge in [0.1, 0.15) is 5.75 Å². The lowest BCUT2D eigenvalue weighted by atomic mass is 10.1. The zero-order valence-electron chi connectivity index (χ0n) is 18.9. The van der Waals surface area contributed by atoms with Crippen LogP contribution in [0.5, 0.6) is 5.75 Å². The third-order valence-electron chi connectivity index (χ3n) is 4.38. The number of ether oxygens (including phenoxy) is 1. The van der Waals surface area contributed by atoms with Gasteiger partial charge in [-0.25, -0.2) is 9.78 Å². The monoisotopic (exact) mass is 532 g/mol. The zero-order chi connectivity index (χ0) is 28.0. The number of carbonyl (C=O) groups is 3. The van der Waals surface area contributed by atoms with Crippen LogP contribution in [0.15, 0.2) is 54.9 Å². The molecule has 3 N–H and O–H groups in total. The number of aromatic nitrogens is 2. The standard InChI is InChI=1S/C20H17F3N4O3.C2HF3O2/c1-27-7-6-24-17(27)19(29)26-15-8-12(9-16(11-15)30-2)18(28)25-14-5-3-4-13(10-14)20(21,22)23;3-2(4,5)1(6)7/h3-11H,1-2H3,(H,25,28)(H,26,29);(H,6,7). The number of nitrogens with zero attached hydrogens (tertiary/aromatic N) is 2. The summed E-state index contributed by atoms with van der Waals surface area (Å²) in [7, 11) is 3.04. The Morgan fingerprint density at radius 1 is 0.946 bits per heavy atom. The van der Waals surface area contributed by atoms with Crippen molar-refractivity contribution in [3.05, 3.63) is 71.8 Å². The molecule has 0 fully saturated rings. The minimum absolute atomic E-state index is 0.0174. The molecule has 1 heterocycles. The van der Waals surface area contributed by atoms with Gasteiger partial charge in [-0.15, -0.1) is 0 Å². The maximum Gasteiger partial charge on any atom is 0.490 e. The number of hydrogen-bond acceptors (Lipinski definition) is 5. The number of amides is 2. The normalized spacial score (nSPS) is 11.1. The van der Waals surface area contributed by atoms with E-state index in [1.54, 1.807) is 13.2 Å². The Morgan fingerprint density at radius 3 is 2.08 bits per heavy atom. The lowest BCUT2D eigenvalue weighted by Crippen LogP contribution is -2.21. The molecular formula is C22H18F6N4O5. The first-order valence-corrected chi connectivity index (χ1v) is 9.88. The van der Waals surface area contributed by atoms with Gasteiger partial charge in [-0.3, -0.25) is 9.59 Å². The first-order valence-electron chi connectivity index (χ1n) is 9.88. The molecule has 0 bridgehead atoms. The Hall–Kier alpha value is -4.56. The molecule has 2 aromatic carbocycles. The minimum Gasteiger partial charge on any atom is -0.497 e. The molecular weight excluding hydrogens is 514 g/mol. The van der Waals surface area contributed by atoms with E-state index in [1.807, 2.05) is 0 Å². The van der Waals surface area contributed by atoms with Gasteiger partial charge in [-0.05, 0) is 30.3 Å². The van der Waals surface area contributed by atoms with Crippen LogP contribution in [0.4, 0.5) is 37.7 Å². The molecule has 0 spiro atoms. The number of rotatable bonds is 5. The molecule has 15 heteroatoms. The highest BCUT2D eigenvalue weighted by Crippen LogP contribution is 2.31. The maximum absolute atomic E-state index is 12.9. The Balaban J connectivity index is 0.000000604. The number of methoxy groups -OCH3 is 1. The minimum atomic E-state index is -5.08. The number of aryl methyl sites for hydroxylation is 1. The Bertz CT molecular complexity index is 1290. The van der Waals surface area contributed by atoms with Crippen molar-refractivity contribution < 1.29 is 50.6 Å². The highest BCUT2D eigenvalue weighted by molar-refractivity contribution is 6.07. The summed E-state index contributed by atoms with van der Waals surface area (Å²) in [6.07, 6.45) is -6.54. The molecule has 0 atom stereocenters. The molecule has 0 saturated heterocycles. The highest BCUT2D eigenvalue weighted by atomic mass is 19.4. The van der Waals surface area contributed by atoms with Gasteiger partial charge in [0.2, 0.25) is 0 Å². The molecule has 3 aromatic rings. The summed E-state index contributed by atoms with van der Waals surface area (Å²) in [6, 6.07) is 8.57. The van der Waals surface area contributed by atoms with E-state index < -0.39 is 35.7 Å². The molecule has 9 nitrogen and oxygen atoms in total. The molecule has 1 aromatic heterocycles. The number of carboxylic acid groups (broad SMARTS) is 1. The number of hydrogen-bond donors (Lipinski definition) is 3. The number of alkyl halides is 6. The fourth-order valence-electron chi connectivity index (χ4n) is 2.67. The lowest BCUT2D eigenvalue weighted by Gasteiger charge is -2.12. The van der Waals surface area contributed by atoms with E-state index in [-0.39, 0.29) is 28.5 Å². The quantitative estimate of drug-likeness (QED) is 0.414. The second kappa shape index (κ2) is 11.5. The molecule has 198 valence electrons. The van der Waals surface area contributed by atoms with Gasteiger partial charge in [0.05, 0.1) is 12.7 Å². The molecule has 0 unspecified atom stereocenters. The number of anilines is 2. The number of halogens is 6. The van der Waals surface area contributed by atoms with Crippen molar-refractivity contribution in [2.45, 2.75) is 12.4 Å². The van der Waals surface area contributed by atoms with E-state index in [2.05, 4.69) is 15.6 Å². The van der Waals surface area contributed by atoms with Crippen molar-refractivity contribution in [3.63, 3.8) is 0 Å². The molecule has 0 radical (unpaired) electrons. The van der Waals surface area contributed by atoms with Crippen LogP contribution >= 0.6 is 0 Å². The lowest BCUT2D eigenvalue weighted by molar-refractivity contribution is -0.192. The van der Waals surface area contributed by atoms with Crippen molar-refractivity contribution in [2.24, 2.45) is 7.05 Å². The van der Waals surface area contributed by atoms with Crippen LogP contribution in [0.25, 0.3) is 0 Å². The van der Waals surface area contributed by atoms with E-state index in [9.17, 15) is 35.9 Å². The molecule has 0 aliphatic heterocycles. The number of aliphatic carboxylic acids is 1. The van der Waals surface area contributed by atoms with Crippen LogP contribution < -0.4 is 15.4 Å². The van der Waals surface area contributed by atoms with Crippen molar-refractivity contribution in [3.8, 4) is 5.75 Å². The molecule has 2 amide bonds. The molecule has 0 saturated carbocycles. The van der Waals surface area contributed by atoms with E-state index in [0.717, 1.165) is 12.1 Å². The summed E-state index contributed by atoms with van der Waals surface area (Å²) in [5, 5.41) is 12.2. The molecule has 0 aliphatic rings. The van der Waals surface area contributed by atoms with Crippen molar-refractivity contribution >= 4 is 29.2 Å². The average molecular weight is 532 g/mol. The van der Waals surface area contributed by atoms with E-state index >= 15 is 0 Å². The van der Waals surface area contributed by atoms with Crippen LogP contribution in [0.3, 0.4) is 0 Å². The molecule has 37 heavy (non-hydrogen) atoms. The van der Waals surface area contributed by atoms with Gasteiger partial charge >= 0.3 is 18.3 Å². The number of benzene rings is 2. The fraction of sp³-hybridized carbons (Fsp3) is 0.182. The van der Waals surface area contributed by atoms with Gasteiger partial charge in [-0.1, -0.05) is 6.07 Å². The Kier molecular flexibility index (Phi) is 8.87. The maximum atomic E-state index is 12.9. The summed E-state index contributed by atoms with van der Waals surface area (Å²) in [5.41, 5.74) is -0.552. The first-order chi connectivity index (χ1) is 17.1. The fourth-order valence-corrected chi connectivity index (χ4v) is 2.67. The van der Waals surface area contributed by atoms with Crippen LogP contribution in [-0.2, 0) is 18.0 Å². The van der Waals surface area contributed by atoms with Crippen LogP contribution in [0, 0.1) is 0 Å². The van der Waals surface area contributed by atoms with E-state index in [1.165, 1.54) is 48.2 Å². The Labute approximate surface area is 204 Å². The van der Waals surface area contributed by atoms with E-state index in [0.29, 0.717) is 0 Å². The first kappa shape index (κ1) is 28.7. The van der Waals surface area contributed by atoms with Gasteiger partial charge < -0.3 is 25.0 Å². The largest absolute Gasteiger partial charge is 0.497 e. The summed E-state index contributed by atoms with van der Waals surface area (Å²) in [6.45, 7) is 0. The van der Waals surface area contributed by atoms with Gasteiger partial charge in [0.15, 0.2) is 5.82 Å². The van der Waals surface area contributed by atoms with Crippen LogP contribution in [-0.4, -0.2) is 45.7 Å². The summed E-state index contributed by atoms with van der Waals surface area (Å²) >= 11 is 0. The van der Waals surface area contributed by atoms with Crippen LogP contribution in [0.2, 0.25) is 0 Å². The third kappa shape index (κ3) is 8.26. The van der Waals surface area contributed by atoms with Crippen molar-refractivity contribution in [2.75, 3.05) is 17.7 Å². The number of imidazole rings is 1. The predicted octanol–water partition coefficient (Wildman–Crippen LogP) is 4.59. The summed E-state index contributed by atoms with van der Waals surface area (Å²) < 4.78 is 77.0. The second-order valence-electron chi connectivity index (χ2n) is 7.10. The summed E-state index contributed by atoms with van der Waals surface area (Å²) in [4.78, 5) is 37.8.